The Balaban J connectivity index is 1.29. The number of aryl methyl sites for hydroxylation is 1. The van der Waals surface area contributed by atoms with Gasteiger partial charge in [-0.25, -0.2) is 9.97 Å². The van der Waals surface area contributed by atoms with Gasteiger partial charge >= 0.3 is 0 Å². The number of rotatable bonds is 1. The van der Waals surface area contributed by atoms with Gasteiger partial charge in [-0.15, -0.1) is 11.3 Å². The number of hydrogen-bond acceptors (Lipinski definition) is 12. The zero-order valence-corrected chi connectivity index (χ0v) is 28.6. The van der Waals surface area contributed by atoms with Crippen LogP contribution in [0, 0.1) is 6.92 Å². The molecule has 0 amide bonds. The molecular weight excluding hydrogens is 620 g/mol. The Morgan fingerprint density at radius 2 is 1.47 bits per heavy atom. The van der Waals surface area contributed by atoms with E-state index in [4.69, 9.17) is 38.1 Å². The van der Waals surface area contributed by atoms with Crippen molar-refractivity contribution in [2.45, 2.75) is 32.7 Å². The van der Waals surface area contributed by atoms with Crippen molar-refractivity contribution >= 4 is 33.6 Å². The number of allylic oxidation sites excluding steroid dienone is 2. The van der Waals surface area contributed by atoms with Gasteiger partial charge < -0.3 is 43.8 Å². The maximum atomic E-state index is 6.09. The third-order valence-corrected chi connectivity index (χ3v) is 9.03. The van der Waals surface area contributed by atoms with Crippen molar-refractivity contribution in [3.8, 4) is 11.5 Å². The molecular formula is C35H48N4O7S. The molecule has 0 saturated heterocycles. The number of nitrogens with one attached hydrogen (secondary N) is 2. The smallest absolute Gasteiger partial charge is 0.162 e. The van der Waals surface area contributed by atoms with Crippen molar-refractivity contribution < 1.29 is 33.2 Å². The number of fused-ring (bicyclic) bond motifs is 5. The first-order chi connectivity index (χ1) is 23.1. The highest BCUT2D eigenvalue weighted by Gasteiger charge is 2.18. The second-order valence-corrected chi connectivity index (χ2v) is 12.3. The van der Waals surface area contributed by atoms with Crippen LogP contribution in [0.15, 0.2) is 42.0 Å². The fourth-order valence-corrected chi connectivity index (χ4v) is 6.44. The van der Waals surface area contributed by atoms with Crippen LogP contribution in [0.3, 0.4) is 0 Å². The topological polar surface area (TPSA) is 114 Å². The van der Waals surface area contributed by atoms with Crippen molar-refractivity contribution in [1.29, 1.82) is 0 Å². The summed E-state index contributed by atoms with van der Waals surface area (Å²) in [7, 11) is 1.63. The molecule has 12 heteroatoms. The lowest BCUT2D eigenvalue weighted by Crippen LogP contribution is -2.23. The lowest BCUT2D eigenvalue weighted by molar-refractivity contribution is -0.0125. The lowest BCUT2D eigenvalue weighted by Gasteiger charge is -2.18. The normalized spacial score (nSPS) is 20.5. The monoisotopic (exact) mass is 668 g/mol. The predicted octanol–water partition coefficient (Wildman–Crippen LogP) is 5.35. The largest absolute Gasteiger partial charge is 0.493 e. The van der Waals surface area contributed by atoms with E-state index in [0.717, 1.165) is 42.7 Å². The number of nitrogens with zero attached hydrogens (tertiary/aromatic N) is 2. The van der Waals surface area contributed by atoms with Crippen LogP contribution in [0.2, 0.25) is 0 Å². The van der Waals surface area contributed by atoms with Crippen LogP contribution in [0.25, 0.3) is 16.5 Å². The molecule has 11 nitrogen and oxygen atoms in total. The van der Waals surface area contributed by atoms with Crippen LogP contribution >= 0.6 is 11.3 Å². The van der Waals surface area contributed by atoms with Gasteiger partial charge in [-0.1, -0.05) is 12.2 Å². The minimum absolute atomic E-state index is 0.0282. The molecule has 3 aromatic rings. The van der Waals surface area contributed by atoms with Crippen LogP contribution in [-0.4, -0.2) is 103 Å². The number of thiophene rings is 1. The quantitative estimate of drug-likeness (QED) is 0.350. The molecule has 3 heterocycles. The molecule has 0 fully saturated rings. The van der Waals surface area contributed by atoms with Gasteiger partial charge in [-0.3, -0.25) is 0 Å². The number of methoxy groups -OCH3 is 1. The number of hydrogen-bond donors (Lipinski definition) is 2. The Morgan fingerprint density at radius 3 is 2.17 bits per heavy atom. The van der Waals surface area contributed by atoms with Gasteiger partial charge in [0, 0.05) is 34.3 Å². The second kappa shape index (κ2) is 19.0. The van der Waals surface area contributed by atoms with E-state index in [1.165, 1.54) is 20.9 Å². The van der Waals surface area contributed by atoms with Gasteiger partial charge in [-0.05, 0) is 56.0 Å². The van der Waals surface area contributed by atoms with Gasteiger partial charge in [0.1, 0.15) is 18.2 Å². The Kier molecular flexibility index (Phi) is 14.3. The van der Waals surface area contributed by atoms with Gasteiger partial charge in [0.2, 0.25) is 0 Å². The van der Waals surface area contributed by atoms with E-state index in [2.05, 4.69) is 46.8 Å². The first-order valence-corrected chi connectivity index (χ1v) is 17.3. The molecule has 1 aliphatic carbocycles. The average molecular weight is 669 g/mol. The van der Waals surface area contributed by atoms with Crippen LogP contribution in [0.5, 0.6) is 11.5 Å². The highest BCUT2D eigenvalue weighted by Crippen LogP contribution is 2.38. The molecule has 1 aliphatic heterocycles. The third kappa shape index (κ3) is 10.7. The summed E-state index contributed by atoms with van der Waals surface area (Å²) in [6.07, 6.45) is 6.83. The third-order valence-electron chi connectivity index (χ3n) is 7.73. The number of aromatic nitrogens is 2. The van der Waals surface area contributed by atoms with Crippen LogP contribution < -0.4 is 20.1 Å². The van der Waals surface area contributed by atoms with E-state index in [-0.39, 0.29) is 6.04 Å². The highest BCUT2D eigenvalue weighted by molar-refractivity contribution is 7.13. The minimum Gasteiger partial charge on any atom is -0.493 e. The van der Waals surface area contributed by atoms with Crippen molar-refractivity contribution in [3.05, 3.63) is 57.6 Å². The fourth-order valence-electron chi connectivity index (χ4n) is 5.35. The van der Waals surface area contributed by atoms with E-state index in [1.54, 1.807) is 7.11 Å². The Morgan fingerprint density at radius 1 is 0.809 bits per heavy atom. The van der Waals surface area contributed by atoms with E-state index in [0.29, 0.717) is 90.0 Å². The lowest BCUT2D eigenvalue weighted by atomic mass is 9.96. The van der Waals surface area contributed by atoms with Crippen molar-refractivity contribution in [3.63, 3.8) is 0 Å². The number of ether oxygens (including phenoxy) is 7. The summed E-state index contributed by atoms with van der Waals surface area (Å²) in [5.74, 6) is 2.66. The average Bonchev–Trinajstić information content (AvgIpc) is 3.57. The van der Waals surface area contributed by atoms with Crippen molar-refractivity contribution in [1.82, 2.24) is 15.3 Å². The standard InChI is InChI=1S/C35H48N4O7S/c1-25-33-8-9-34(47-33)28-7-5-4-6-27(28)24-36-10-11-41-12-13-42-14-15-43-16-17-44-18-19-45-20-21-46-32-22-29-30(23-31(32)40-3)38-26(2)39-35(29)37-25/h6-9,22-23,25,36H,4-5,10-21,24H2,1-3H3,(H,37,38,39). The predicted molar refractivity (Wildman–Crippen MR) is 185 cm³/mol. The van der Waals surface area contributed by atoms with Crippen LogP contribution in [0.4, 0.5) is 5.82 Å². The highest BCUT2D eigenvalue weighted by atomic mass is 32.1. The Bertz CT molecular complexity index is 1480. The van der Waals surface area contributed by atoms with Gasteiger partial charge in [-0.2, -0.15) is 0 Å². The Labute approximate surface area is 281 Å². The molecule has 1 atom stereocenters. The molecule has 47 heavy (non-hydrogen) atoms. The van der Waals surface area contributed by atoms with E-state index in [9.17, 15) is 0 Å². The molecule has 4 bridgehead atoms. The molecule has 256 valence electrons. The SMILES string of the molecule is COc1cc2nc(C)nc3c2cc1OCCOCCOCCOCCOCCOCCNCC1=CCCC=C1c1ccc(s1)C(C)N3. The molecule has 1 unspecified atom stereocenters. The molecule has 5 rings (SSSR count). The van der Waals surface area contributed by atoms with E-state index >= 15 is 0 Å². The van der Waals surface area contributed by atoms with E-state index in [1.807, 2.05) is 30.4 Å². The minimum atomic E-state index is 0.0282. The van der Waals surface area contributed by atoms with Crippen molar-refractivity contribution in [2.24, 2.45) is 0 Å². The maximum Gasteiger partial charge on any atom is 0.162 e. The number of anilines is 1. The van der Waals surface area contributed by atoms with Gasteiger partial charge in [0.05, 0.1) is 84.7 Å². The van der Waals surface area contributed by atoms with E-state index < -0.39 is 0 Å². The zero-order valence-electron chi connectivity index (χ0n) is 27.8. The molecule has 1 aromatic carbocycles. The molecule has 0 saturated carbocycles. The second-order valence-electron chi connectivity index (χ2n) is 11.2. The first-order valence-electron chi connectivity index (χ1n) is 16.5. The summed E-state index contributed by atoms with van der Waals surface area (Å²) in [6.45, 7) is 11.2. The van der Waals surface area contributed by atoms with Gasteiger partial charge in [0.15, 0.2) is 11.5 Å². The fraction of sp³-hybridized carbons (Fsp3) is 0.543. The summed E-state index contributed by atoms with van der Waals surface area (Å²) in [4.78, 5) is 12.0. The number of benzene rings is 1. The van der Waals surface area contributed by atoms with Crippen molar-refractivity contribution in [2.75, 3.05) is 98.2 Å². The first kappa shape index (κ1) is 35.2. The summed E-state index contributed by atoms with van der Waals surface area (Å²) in [6, 6.07) is 8.31. The molecule has 2 aromatic heterocycles. The summed E-state index contributed by atoms with van der Waals surface area (Å²) in [5.41, 5.74) is 3.43. The summed E-state index contributed by atoms with van der Waals surface area (Å²) in [5, 5.41) is 8.07. The molecule has 0 spiro atoms. The van der Waals surface area contributed by atoms with Crippen LogP contribution in [-0.2, 0) is 23.7 Å². The van der Waals surface area contributed by atoms with Gasteiger partial charge in [0.25, 0.3) is 0 Å². The molecule has 0 radical (unpaired) electrons. The zero-order chi connectivity index (χ0) is 32.7. The molecule has 2 N–H and O–H groups in total. The molecule has 2 aliphatic rings. The maximum absolute atomic E-state index is 6.09. The summed E-state index contributed by atoms with van der Waals surface area (Å²) < 4.78 is 39.9. The summed E-state index contributed by atoms with van der Waals surface area (Å²) >= 11 is 1.81. The Hall–Kier alpha value is -3.10. The van der Waals surface area contributed by atoms with Crippen LogP contribution in [0.1, 0.15) is 41.4 Å².